The van der Waals surface area contributed by atoms with Crippen molar-refractivity contribution >= 4 is 11.9 Å². The van der Waals surface area contributed by atoms with Crippen molar-refractivity contribution in [3.63, 3.8) is 0 Å². The normalized spacial score (nSPS) is 18.4. The van der Waals surface area contributed by atoms with Crippen LogP contribution in [0.3, 0.4) is 0 Å². The zero-order chi connectivity index (χ0) is 60.2. The second-order valence-corrected chi connectivity index (χ2v) is 24.6. The smallest absolute Gasteiger partial charge is 0.305 e. The summed E-state index contributed by atoms with van der Waals surface area (Å²) in [5, 5.41) is 54.2. The monoisotopic (exact) mass is 1170 g/mol. The Kier molecular flexibility index (Phi) is 58.0. The molecule has 0 aliphatic carbocycles. The van der Waals surface area contributed by atoms with Crippen LogP contribution in [0.2, 0.25) is 0 Å². The average molecular weight is 1170 g/mol. The summed E-state index contributed by atoms with van der Waals surface area (Å²) in [7, 11) is 0. The molecule has 1 saturated heterocycles. The molecule has 0 spiro atoms. The molecule has 0 aromatic carbocycles. The molecule has 1 rings (SSSR count). The largest absolute Gasteiger partial charge is 0.466 e. The maximum Gasteiger partial charge on any atom is 0.305 e. The number of unbranched alkanes of at least 4 members (excludes halogenated alkanes) is 43. The van der Waals surface area contributed by atoms with E-state index in [9.17, 15) is 35.1 Å². The molecule has 11 heteroatoms. The Hall–Kier alpha value is -2.38. The number of ether oxygens (including phenoxy) is 3. The van der Waals surface area contributed by atoms with Crippen molar-refractivity contribution < 1.29 is 49.3 Å². The van der Waals surface area contributed by atoms with Gasteiger partial charge in [-0.15, -0.1) is 0 Å². The molecule has 0 aromatic heterocycles. The van der Waals surface area contributed by atoms with Crippen LogP contribution in [-0.2, 0) is 23.8 Å². The van der Waals surface area contributed by atoms with Crippen molar-refractivity contribution in [1.29, 1.82) is 0 Å². The summed E-state index contributed by atoms with van der Waals surface area (Å²) in [4.78, 5) is 25.1. The van der Waals surface area contributed by atoms with Crippen LogP contribution in [0.15, 0.2) is 48.6 Å². The minimum absolute atomic E-state index is 0.0119. The lowest BCUT2D eigenvalue weighted by Gasteiger charge is -2.40. The fourth-order valence-electron chi connectivity index (χ4n) is 11.2. The van der Waals surface area contributed by atoms with Gasteiger partial charge < -0.3 is 45.1 Å². The molecular weight excluding hydrogens is 1040 g/mol. The van der Waals surface area contributed by atoms with E-state index in [1.165, 1.54) is 250 Å². The molecule has 0 radical (unpaired) electrons. The molecule has 0 bridgehead atoms. The van der Waals surface area contributed by atoms with E-state index < -0.39 is 49.5 Å². The van der Waals surface area contributed by atoms with E-state index in [4.69, 9.17) is 14.2 Å². The van der Waals surface area contributed by atoms with Gasteiger partial charge >= 0.3 is 5.97 Å². The number of nitrogens with one attached hydrogen (secondary N) is 1. The topological polar surface area (TPSA) is 175 Å². The van der Waals surface area contributed by atoms with E-state index in [0.29, 0.717) is 19.4 Å². The van der Waals surface area contributed by atoms with Crippen LogP contribution < -0.4 is 5.32 Å². The second kappa shape index (κ2) is 61.3. The first-order chi connectivity index (χ1) is 40.7. The number of amides is 1. The highest BCUT2D eigenvalue weighted by molar-refractivity contribution is 5.76. The third kappa shape index (κ3) is 50.3. The number of hydrogen-bond donors (Lipinski definition) is 6. The summed E-state index contributed by atoms with van der Waals surface area (Å²) in [6.45, 7) is 4.12. The number of carbonyl (C=O) groups excluding carboxylic acids is 2. The van der Waals surface area contributed by atoms with E-state index in [-0.39, 0.29) is 18.5 Å². The molecule has 1 heterocycles. The molecule has 1 aliphatic rings. The highest BCUT2D eigenvalue weighted by Crippen LogP contribution is 2.23. The van der Waals surface area contributed by atoms with Crippen molar-refractivity contribution in [2.45, 2.75) is 378 Å². The van der Waals surface area contributed by atoms with Crippen LogP contribution in [0.25, 0.3) is 0 Å². The van der Waals surface area contributed by atoms with Gasteiger partial charge in [0.2, 0.25) is 5.91 Å². The minimum atomic E-state index is -1.58. The number of aliphatic hydroxyl groups excluding tert-OH is 5. The van der Waals surface area contributed by atoms with Gasteiger partial charge in [0.15, 0.2) is 6.29 Å². The quantitative estimate of drug-likeness (QED) is 0.0195. The Balaban J connectivity index is 1.91. The Morgan fingerprint density at radius 3 is 1.27 bits per heavy atom. The number of esters is 1. The van der Waals surface area contributed by atoms with Gasteiger partial charge in [-0.25, -0.2) is 0 Å². The van der Waals surface area contributed by atoms with Gasteiger partial charge in [0.1, 0.15) is 24.4 Å². The SMILES string of the molecule is C/C=C/CC/C=C/CC/C=C/C(O)C(COC1OC(CO)C(O)C(O)C1O)NC(=O)CCCCCCCCCCCCCCCC/C=C\CCCCCCCCCCCCCCOC(=O)CCCCCCCCCCCCCCCCCC. The van der Waals surface area contributed by atoms with Gasteiger partial charge in [0.25, 0.3) is 0 Å². The summed E-state index contributed by atoms with van der Waals surface area (Å²) in [6, 6.07) is -0.833. The van der Waals surface area contributed by atoms with Crippen LogP contribution in [0, 0.1) is 0 Å². The number of carbonyl (C=O) groups is 2. The summed E-state index contributed by atoms with van der Waals surface area (Å²) >= 11 is 0. The van der Waals surface area contributed by atoms with E-state index in [1.54, 1.807) is 6.08 Å². The molecular formula is C72H133NO10. The van der Waals surface area contributed by atoms with Gasteiger partial charge in [0, 0.05) is 12.8 Å². The molecule has 7 atom stereocenters. The van der Waals surface area contributed by atoms with Crippen molar-refractivity contribution in [3.8, 4) is 0 Å². The molecule has 1 aliphatic heterocycles. The van der Waals surface area contributed by atoms with Crippen LogP contribution >= 0.6 is 0 Å². The lowest BCUT2D eigenvalue weighted by molar-refractivity contribution is -0.302. The van der Waals surface area contributed by atoms with Gasteiger partial charge in [-0.05, 0) is 77.6 Å². The molecule has 0 aromatic rings. The fourth-order valence-corrected chi connectivity index (χ4v) is 11.2. The predicted octanol–water partition coefficient (Wildman–Crippen LogP) is 18.0. The average Bonchev–Trinajstić information content (AvgIpc) is 3.65. The first-order valence-corrected chi connectivity index (χ1v) is 35.4. The fraction of sp³-hybridized carbons (Fsp3) is 0.861. The molecule has 11 nitrogen and oxygen atoms in total. The van der Waals surface area contributed by atoms with Crippen LogP contribution in [0.5, 0.6) is 0 Å². The number of hydrogen-bond acceptors (Lipinski definition) is 10. The van der Waals surface area contributed by atoms with Gasteiger partial charge in [0.05, 0.1) is 32.0 Å². The lowest BCUT2D eigenvalue weighted by atomic mass is 9.99. The van der Waals surface area contributed by atoms with E-state index in [0.717, 1.165) is 57.8 Å². The van der Waals surface area contributed by atoms with Crippen molar-refractivity contribution in [1.82, 2.24) is 5.32 Å². The Morgan fingerprint density at radius 1 is 0.458 bits per heavy atom. The lowest BCUT2D eigenvalue weighted by Crippen LogP contribution is -2.60. The number of rotatable bonds is 62. The molecule has 83 heavy (non-hydrogen) atoms. The van der Waals surface area contributed by atoms with Gasteiger partial charge in [-0.2, -0.15) is 0 Å². The molecule has 486 valence electrons. The molecule has 1 fully saturated rings. The Labute approximate surface area is 510 Å². The second-order valence-electron chi connectivity index (χ2n) is 24.6. The predicted molar refractivity (Wildman–Crippen MR) is 347 cm³/mol. The third-order valence-corrected chi connectivity index (χ3v) is 16.7. The van der Waals surface area contributed by atoms with Gasteiger partial charge in [-0.3, -0.25) is 9.59 Å². The third-order valence-electron chi connectivity index (χ3n) is 16.7. The Morgan fingerprint density at radius 2 is 0.831 bits per heavy atom. The maximum atomic E-state index is 13.0. The summed E-state index contributed by atoms with van der Waals surface area (Å²) < 4.78 is 16.7. The standard InChI is InChI=1S/C72H133NO10/c1-3-5-7-9-11-13-14-15-16-34-37-40-44-48-52-56-60-68(77)81-61-57-53-49-45-41-38-35-32-30-28-26-24-22-20-18-17-19-21-23-25-27-29-31-33-36-39-43-47-51-55-59-67(76)73-64(65(75)58-54-50-46-42-12-10-8-6-4-2)63-82-72-71(80)70(79)69(78)66(62-74)83-72/h4,6,12,18,20,42,54,58,64-66,69-72,74-75,78-80H,3,5,7-11,13-17,19,21-41,43-53,55-57,59-63H2,1-2H3,(H,73,76)/b6-4+,20-18-,42-12+,58-54+. The minimum Gasteiger partial charge on any atom is -0.466 e. The summed E-state index contributed by atoms with van der Waals surface area (Å²) in [5.41, 5.74) is 0. The highest BCUT2D eigenvalue weighted by atomic mass is 16.7. The maximum absolute atomic E-state index is 13.0. The van der Waals surface area contributed by atoms with Crippen LogP contribution in [-0.4, -0.2) is 100 Å². The molecule has 7 unspecified atom stereocenters. The van der Waals surface area contributed by atoms with E-state index >= 15 is 0 Å². The highest BCUT2D eigenvalue weighted by Gasteiger charge is 2.44. The number of aliphatic hydroxyl groups is 5. The van der Waals surface area contributed by atoms with Gasteiger partial charge in [-0.1, -0.05) is 293 Å². The molecule has 0 saturated carbocycles. The molecule has 6 N–H and O–H groups in total. The summed E-state index contributed by atoms with van der Waals surface area (Å²) in [5.74, 6) is -0.186. The molecule has 1 amide bonds. The zero-order valence-corrected chi connectivity index (χ0v) is 53.9. The van der Waals surface area contributed by atoms with Crippen molar-refractivity contribution in [3.05, 3.63) is 48.6 Å². The van der Waals surface area contributed by atoms with Crippen molar-refractivity contribution in [2.75, 3.05) is 19.8 Å². The summed E-state index contributed by atoms with van der Waals surface area (Å²) in [6.07, 6.45) is 70.1. The van der Waals surface area contributed by atoms with Crippen molar-refractivity contribution in [2.24, 2.45) is 0 Å². The van der Waals surface area contributed by atoms with Crippen LogP contribution in [0.4, 0.5) is 0 Å². The van der Waals surface area contributed by atoms with Crippen LogP contribution in [0.1, 0.15) is 335 Å². The number of allylic oxidation sites excluding steroid dienone is 7. The van der Waals surface area contributed by atoms with E-state index in [1.807, 2.05) is 19.1 Å². The van der Waals surface area contributed by atoms with E-state index in [2.05, 4.69) is 42.6 Å². The Bertz CT molecular complexity index is 1520. The zero-order valence-electron chi connectivity index (χ0n) is 53.9. The first kappa shape index (κ1) is 78.6. The first-order valence-electron chi connectivity index (χ1n) is 35.4.